The second-order valence-corrected chi connectivity index (χ2v) is 7.43. The summed E-state index contributed by atoms with van der Waals surface area (Å²) >= 11 is 1.25. The molecule has 1 aromatic heterocycles. The van der Waals surface area contributed by atoms with Crippen molar-refractivity contribution in [2.75, 3.05) is 20.1 Å². The number of rotatable bonds is 8. The van der Waals surface area contributed by atoms with Gasteiger partial charge in [0.05, 0.1) is 11.5 Å². The summed E-state index contributed by atoms with van der Waals surface area (Å²) in [4.78, 5) is 2.84. The van der Waals surface area contributed by atoms with Gasteiger partial charge in [0.15, 0.2) is 0 Å². The standard InChI is InChI=1S/C12H22N2O3S2/c1-10(2)14(3)7-4-6-13-19(16,17)12-5-8-18-11(12)9-15/h5,8,10,13,15H,4,6-7,9H2,1-3H3. The predicted molar refractivity (Wildman–Crippen MR) is 77.8 cm³/mol. The number of aliphatic hydroxyl groups excluding tert-OH is 1. The lowest BCUT2D eigenvalue weighted by molar-refractivity contribution is 0.271. The van der Waals surface area contributed by atoms with E-state index in [4.69, 9.17) is 5.11 Å². The Morgan fingerprint density at radius 2 is 2.16 bits per heavy atom. The maximum Gasteiger partial charge on any atom is 0.241 e. The zero-order valence-electron chi connectivity index (χ0n) is 11.6. The van der Waals surface area contributed by atoms with Crippen molar-refractivity contribution in [1.29, 1.82) is 0 Å². The normalized spacial score (nSPS) is 12.5. The van der Waals surface area contributed by atoms with E-state index in [0.29, 0.717) is 17.5 Å². The maximum atomic E-state index is 12.0. The summed E-state index contributed by atoms with van der Waals surface area (Å²) in [5.74, 6) is 0. The van der Waals surface area contributed by atoms with Crippen LogP contribution in [-0.2, 0) is 16.6 Å². The van der Waals surface area contributed by atoms with Gasteiger partial charge in [0, 0.05) is 17.5 Å². The SMILES string of the molecule is CC(C)N(C)CCCNS(=O)(=O)c1ccsc1CO. The highest BCUT2D eigenvalue weighted by Gasteiger charge is 2.18. The molecule has 0 aliphatic carbocycles. The maximum absolute atomic E-state index is 12.0. The minimum Gasteiger partial charge on any atom is -0.391 e. The predicted octanol–water partition coefficient (Wildman–Crippen LogP) is 1.25. The van der Waals surface area contributed by atoms with Crippen LogP contribution in [0.25, 0.3) is 0 Å². The lowest BCUT2D eigenvalue weighted by Gasteiger charge is -2.20. The van der Waals surface area contributed by atoms with Gasteiger partial charge in [-0.3, -0.25) is 0 Å². The van der Waals surface area contributed by atoms with E-state index < -0.39 is 10.0 Å². The average Bonchev–Trinajstić information content (AvgIpc) is 2.83. The van der Waals surface area contributed by atoms with E-state index in [0.717, 1.165) is 13.0 Å². The van der Waals surface area contributed by atoms with Crippen LogP contribution in [0.3, 0.4) is 0 Å². The van der Waals surface area contributed by atoms with E-state index in [1.807, 2.05) is 7.05 Å². The molecule has 1 heterocycles. The van der Waals surface area contributed by atoms with Crippen molar-refractivity contribution in [3.8, 4) is 0 Å². The Bertz CT molecular complexity index is 483. The summed E-state index contributed by atoms with van der Waals surface area (Å²) in [5.41, 5.74) is 0. The Kier molecular flexibility index (Phi) is 6.41. The summed E-state index contributed by atoms with van der Waals surface area (Å²) in [7, 11) is -1.48. The number of sulfonamides is 1. The lowest BCUT2D eigenvalue weighted by Crippen LogP contribution is -2.31. The number of nitrogens with one attached hydrogen (secondary N) is 1. The fraction of sp³-hybridized carbons (Fsp3) is 0.667. The number of thiophene rings is 1. The summed E-state index contributed by atoms with van der Waals surface area (Å²) < 4.78 is 26.6. The van der Waals surface area contributed by atoms with Gasteiger partial charge in [0.1, 0.15) is 0 Å². The van der Waals surface area contributed by atoms with Crippen LogP contribution < -0.4 is 4.72 Å². The average molecular weight is 306 g/mol. The molecule has 1 aromatic rings. The smallest absolute Gasteiger partial charge is 0.241 e. The third kappa shape index (κ3) is 4.85. The van der Waals surface area contributed by atoms with Gasteiger partial charge in [-0.1, -0.05) is 0 Å². The Hall–Kier alpha value is -0.470. The van der Waals surface area contributed by atoms with Gasteiger partial charge in [-0.2, -0.15) is 0 Å². The molecule has 0 aliphatic heterocycles. The summed E-state index contributed by atoms with van der Waals surface area (Å²) in [5, 5.41) is 10.8. The van der Waals surface area contributed by atoms with Gasteiger partial charge >= 0.3 is 0 Å². The van der Waals surface area contributed by atoms with E-state index in [1.54, 1.807) is 5.38 Å². The fourth-order valence-electron chi connectivity index (χ4n) is 1.55. The van der Waals surface area contributed by atoms with Gasteiger partial charge in [0.2, 0.25) is 10.0 Å². The highest BCUT2D eigenvalue weighted by molar-refractivity contribution is 7.89. The quantitative estimate of drug-likeness (QED) is 0.709. The van der Waals surface area contributed by atoms with E-state index >= 15 is 0 Å². The molecule has 0 atom stereocenters. The van der Waals surface area contributed by atoms with Crippen LogP contribution in [0.2, 0.25) is 0 Å². The Morgan fingerprint density at radius 1 is 1.47 bits per heavy atom. The number of hydrogen-bond donors (Lipinski definition) is 2. The van der Waals surface area contributed by atoms with Gasteiger partial charge in [-0.15, -0.1) is 11.3 Å². The molecule has 0 saturated heterocycles. The minimum absolute atomic E-state index is 0.192. The van der Waals surface area contributed by atoms with Crippen LogP contribution in [0.15, 0.2) is 16.3 Å². The third-order valence-corrected chi connectivity index (χ3v) is 5.58. The molecule has 19 heavy (non-hydrogen) atoms. The molecule has 0 aliphatic rings. The zero-order chi connectivity index (χ0) is 14.5. The highest BCUT2D eigenvalue weighted by atomic mass is 32.2. The molecule has 0 saturated carbocycles. The second-order valence-electron chi connectivity index (χ2n) is 4.69. The van der Waals surface area contributed by atoms with Crippen molar-refractivity contribution in [1.82, 2.24) is 9.62 Å². The lowest BCUT2D eigenvalue weighted by atomic mass is 10.3. The molecule has 0 aromatic carbocycles. The van der Waals surface area contributed by atoms with E-state index in [9.17, 15) is 8.42 Å². The van der Waals surface area contributed by atoms with Crippen LogP contribution >= 0.6 is 11.3 Å². The van der Waals surface area contributed by atoms with Crippen LogP contribution in [0, 0.1) is 0 Å². The molecule has 1 rings (SSSR count). The van der Waals surface area contributed by atoms with Crippen LogP contribution in [0.4, 0.5) is 0 Å². The first-order chi connectivity index (χ1) is 8.88. The Balaban J connectivity index is 2.48. The van der Waals surface area contributed by atoms with Crippen molar-refractivity contribution in [3.63, 3.8) is 0 Å². The molecule has 0 radical (unpaired) electrons. The van der Waals surface area contributed by atoms with Gasteiger partial charge in [0.25, 0.3) is 0 Å². The van der Waals surface area contributed by atoms with Crippen molar-refractivity contribution >= 4 is 21.4 Å². The van der Waals surface area contributed by atoms with Crippen LogP contribution in [0.5, 0.6) is 0 Å². The third-order valence-electron chi connectivity index (χ3n) is 3.00. The first kappa shape index (κ1) is 16.6. The van der Waals surface area contributed by atoms with E-state index in [1.165, 1.54) is 17.4 Å². The van der Waals surface area contributed by atoms with Gasteiger partial charge in [-0.25, -0.2) is 13.1 Å². The molecule has 0 amide bonds. The number of aliphatic hydroxyl groups is 1. The van der Waals surface area contributed by atoms with Crippen molar-refractivity contribution < 1.29 is 13.5 Å². The molecule has 5 nitrogen and oxygen atoms in total. The van der Waals surface area contributed by atoms with E-state index in [2.05, 4.69) is 23.5 Å². The summed E-state index contributed by atoms with van der Waals surface area (Å²) in [6, 6.07) is 1.98. The molecule has 110 valence electrons. The zero-order valence-corrected chi connectivity index (χ0v) is 13.2. The first-order valence-corrected chi connectivity index (χ1v) is 8.62. The van der Waals surface area contributed by atoms with Crippen LogP contribution in [0.1, 0.15) is 25.1 Å². The van der Waals surface area contributed by atoms with Crippen LogP contribution in [-0.4, -0.2) is 44.6 Å². The molecule has 0 unspecified atom stereocenters. The Labute approximate surface area is 119 Å². The van der Waals surface area contributed by atoms with Crippen molar-refractivity contribution in [2.24, 2.45) is 0 Å². The second kappa shape index (κ2) is 7.35. The fourth-order valence-corrected chi connectivity index (χ4v) is 3.92. The molecule has 0 bridgehead atoms. The number of hydrogen-bond acceptors (Lipinski definition) is 5. The monoisotopic (exact) mass is 306 g/mol. The molecule has 7 heteroatoms. The molecular weight excluding hydrogens is 284 g/mol. The van der Waals surface area contributed by atoms with Gasteiger partial charge < -0.3 is 10.0 Å². The molecule has 0 spiro atoms. The number of nitrogens with zero attached hydrogens (tertiary/aromatic N) is 1. The minimum atomic E-state index is -3.50. The first-order valence-electron chi connectivity index (χ1n) is 6.25. The molecular formula is C12H22N2O3S2. The topological polar surface area (TPSA) is 69.6 Å². The molecule has 0 fully saturated rings. The van der Waals surface area contributed by atoms with Gasteiger partial charge in [-0.05, 0) is 45.3 Å². The summed E-state index contributed by atoms with van der Waals surface area (Å²) in [6.45, 7) is 5.20. The van der Waals surface area contributed by atoms with Crippen molar-refractivity contribution in [3.05, 3.63) is 16.3 Å². The highest BCUT2D eigenvalue weighted by Crippen LogP contribution is 2.21. The van der Waals surface area contributed by atoms with E-state index in [-0.39, 0.29) is 11.5 Å². The Morgan fingerprint density at radius 3 is 2.74 bits per heavy atom. The largest absolute Gasteiger partial charge is 0.391 e. The summed E-state index contributed by atoms with van der Waals surface area (Å²) in [6.07, 6.45) is 0.756. The molecule has 2 N–H and O–H groups in total. The van der Waals surface area contributed by atoms with Crippen molar-refractivity contribution in [2.45, 2.75) is 37.8 Å².